The molecule has 0 aromatic heterocycles. The van der Waals surface area contributed by atoms with Crippen LogP contribution in [0.2, 0.25) is 10.0 Å². The molecule has 3 rings (SSSR count). The normalized spacial score (nSPS) is 31.1. The average Bonchev–Trinajstić information content (AvgIpc) is 2.81. The number of hydrogen-bond acceptors (Lipinski definition) is 1. The molecular formula is C13H16Cl3N. The van der Waals surface area contributed by atoms with Gasteiger partial charge in [0.1, 0.15) is 0 Å². The van der Waals surface area contributed by atoms with Gasteiger partial charge < -0.3 is 5.32 Å². The summed E-state index contributed by atoms with van der Waals surface area (Å²) in [6.07, 6.45) is 3.96. The second kappa shape index (κ2) is 4.97. The minimum absolute atomic E-state index is 0. The van der Waals surface area contributed by atoms with Crippen molar-refractivity contribution >= 4 is 35.6 Å². The van der Waals surface area contributed by atoms with Crippen LogP contribution < -0.4 is 5.32 Å². The second-order valence-corrected chi connectivity index (χ2v) is 5.82. The first kappa shape index (κ1) is 13.5. The van der Waals surface area contributed by atoms with Crippen molar-refractivity contribution in [2.45, 2.75) is 24.7 Å². The fourth-order valence-electron chi connectivity index (χ4n) is 3.43. The Labute approximate surface area is 118 Å². The van der Waals surface area contributed by atoms with Gasteiger partial charge in [-0.1, -0.05) is 35.7 Å². The Morgan fingerprint density at radius 1 is 1.24 bits per heavy atom. The number of rotatable bonds is 1. The lowest BCUT2D eigenvalue weighted by molar-refractivity contribution is 0.402. The summed E-state index contributed by atoms with van der Waals surface area (Å²) in [5, 5.41) is 4.86. The molecule has 0 radical (unpaired) electrons. The Morgan fingerprint density at radius 2 is 2.06 bits per heavy atom. The zero-order valence-electron chi connectivity index (χ0n) is 9.51. The van der Waals surface area contributed by atoms with Crippen molar-refractivity contribution in [1.29, 1.82) is 0 Å². The van der Waals surface area contributed by atoms with Gasteiger partial charge in [0.25, 0.3) is 0 Å². The quantitative estimate of drug-likeness (QED) is 0.823. The van der Waals surface area contributed by atoms with Crippen molar-refractivity contribution in [3.05, 3.63) is 33.8 Å². The summed E-state index contributed by atoms with van der Waals surface area (Å²) >= 11 is 12.1. The fraction of sp³-hybridized carbons (Fsp3) is 0.538. The average molecular weight is 293 g/mol. The molecule has 17 heavy (non-hydrogen) atoms. The summed E-state index contributed by atoms with van der Waals surface area (Å²) in [7, 11) is 0. The molecule has 1 aliphatic carbocycles. The van der Waals surface area contributed by atoms with E-state index in [2.05, 4.69) is 17.4 Å². The van der Waals surface area contributed by atoms with E-state index < -0.39 is 0 Å². The Bertz CT molecular complexity index is 409. The summed E-state index contributed by atoms with van der Waals surface area (Å²) in [6.45, 7) is 2.25. The highest BCUT2D eigenvalue weighted by Gasteiger charge is 2.47. The molecule has 2 aliphatic rings. The van der Waals surface area contributed by atoms with Crippen LogP contribution in [0.3, 0.4) is 0 Å². The third-order valence-corrected chi connectivity index (χ3v) is 5.02. The lowest BCUT2D eigenvalue weighted by Crippen LogP contribution is -2.30. The second-order valence-electron chi connectivity index (χ2n) is 5.01. The minimum atomic E-state index is 0. The number of fused-ring (bicyclic) bond motifs is 1. The zero-order chi connectivity index (χ0) is 11.2. The maximum atomic E-state index is 6.13. The smallest absolute Gasteiger partial charge is 0.0595 e. The zero-order valence-corrected chi connectivity index (χ0v) is 11.8. The van der Waals surface area contributed by atoms with Crippen molar-refractivity contribution < 1.29 is 0 Å². The summed E-state index contributed by atoms with van der Waals surface area (Å²) in [6, 6.07) is 6.15. The van der Waals surface area contributed by atoms with Crippen LogP contribution in [0.15, 0.2) is 18.2 Å². The van der Waals surface area contributed by atoms with Crippen molar-refractivity contribution in [2.24, 2.45) is 5.92 Å². The molecule has 1 aliphatic heterocycles. The molecule has 1 saturated heterocycles. The summed E-state index contributed by atoms with van der Waals surface area (Å²) in [5.74, 6) is 0.782. The first-order valence-electron chi connectivity index (χ1n) is 5.89. The fourth-order valence-corrected chi connectivity index (χ4v) is 3.73. The first-order chi connectivity index (χ1) is 7.72. The van der Waals surface area contributed by atoms with Crippen molar-refractivity contribution in [3.8, 4) is 0 Å². The first-order valence-corrected chi connectivity index (χ1v) is 6.64. The SMILES string of the molecule is Cl.Clc1ccc([C@]23CCC[C@H]2CNC3)cc1Cl. The summed E-state index contributed by atoms with van der Waals surface area (Å²) in [4.78, 5) is 0. The van der Waals surface area contributed by atoms with Gasteiger partial charge in [-0.2, -0.15) is 0 Å². The molecule has 0 amide bonds. The van der Waals surface area contributed by atoms with Gasteiger partial charge in [0.2, 0.25) is 0 Å². The lowest BCUT2D eigenvalue weighted by Gasteiger charge is -2.29. The van der Waals surface area contributed by atoms with Gasteiger partial charge in [-0.3, -0.25) is 0 Å². The van der Waals surface area contributed by atoms with Crippen LogP contribution in [0, 0.1) is 5.92 Å². The molecule has 1 heterocycles. The molecule has 1 nitrogen and oxygen atoms in total. The van der Waals surface area contributed by atoms with Crippen LogP contribution in [0.5, 0.6) is 0 Å². The van der Waals surface area contributed by atoms with E-state index in [1.54, 1.807) is 0 Å². The third-order valence-electron chi connectivity index (χ3n) is 4.28. The molecule has 1 aromatic rings. The van der Waals surface area contributed by atoms with Crippen LogP contribution in [0.4, 0.5) is 0 Å². The lowest BCUT2D eigenvalue weighted by atomic mass is 9.75. The standard InChI is InChI=1S/C13H15Cl2N.ClH/c14-11-4-3-9(6-12(11)15)13-5-1-2-10(13)7-16-8-13;/h3-4,6,10,16H,1-2,5,7-8H2;1H/t10-,13+;/m0./s1. The highest BCUT2D eigenvalue weighted by Crippen LogP contribution is 2.48. The van der Waals surface area contributed by atoms with E-state index in [0.717, 1.165) is 19.0 Å². The summed E-state index contributed by atoms with van der Waals surface area (Å²) in [5.41, 5.74) is 1.70. The van der Waals surface area contributed by atoms with Gasteiger partial charge in [-0.15, -0.1) is 12.4 Å². The maximum Gasteiger partial charge on any atom is 0.0595 e. The predicted molar refractivity (Wildman–Crippen MR) is 75.6 cm³/mol. The highest BCUT2D eigenvalue weighted by atomic mass is 35.5. The van der Waals surface area contributed by atoms with E-state index >= 15 is 0 Å². The highest BCUT2D eigenvalue weighted by molar-refractivity contribution is 6.42. The predicted octanol–water partition coefficient (Wildman–Crippen LogP) is 4.06. The van der Waals surface area contributed by atoms with Crippen LogP contribution in [-0.4, -0.2) is 13.1 Å². The third kappa shape index (κ3) is 2.08. The maximum absolute atomic E-state index is 6.13. The van der Waals surface area contributed by atoms with Gasteiger partial charge in [0.15, 0.2) is 0 Å². The molecule has 94 valence electrons. The van der Waals surface area contributed by atoms with Crippen molar-refractivity contribution in [2.75, 3.05) is 13.1 Å². The molecule has 2 atom stereocenters. The van der Waals surface area contributed by atoms with E-state index in [0.29, 0.717) is 15.5 Å². The molecule has 4 heteroatoms. The Morgan fingerprint density at radius 3 is 2.82 bits per heavy atom. The van der Waals surface area contributed by atoms with E-state index in [1.807, 2.05) is 6.07 Å². The monoisotopic (exact) mass is 291 g/mol. The molecular weight excluding hydrogens is 277 g/mol. The van der Waals surface area contributed by atoms with Gasteiger partial charge in [0, 0.05) is 12.0 Å². The molecule has 1 saturated carbocycles. The van der Waals surface area contributed by atoms with Crippen LogP contribution in [-0.2, 0) is 5.41 Å². The van der Waals surface area contributed by atoms with Gasteiger partial charge in [-0.05, 0) is 43.0 Å². The largest absolute Gasteiger partial charge is 0.316 e. The number of hydrogen-bond donors (Lipinski definition) is 1. The molecule has 0 unspecified atom stereocenters. The van der Waals surface area contributed by atoms with Gasteiger partial charge in [0.05, 0.1) is 10.0 Å². The Hall–Kier alpha value is 0.0500. The van der Waals surface area contributed by atoms with Crippen LogP contribution >= 0.6 is 35.6 Å². The molecule has 1 N–H and O–H groups in total. The summed E-state index contributed by atoms with van der Waals surface area (Å²) < 4.78 is 0. The van der Waals surface area contributed by atoms with Crippen LogP contribution in [0.25, 0.3) is 0 Å². The Balaban J connectivity index is 0.00000108. The topological polar surface area (TPSA) is 12.0 Å². The van der Waals surface area contributed by atoms with Gasteiger partial charge in [-0.25, -0.2) is 0 Å². The molecule has 1 aromatic carbocycles. The van der Waals surface area contributed by atoms with Crippen molar-refractivity contribution in [1.82, 2.24) is 5.32 Å². The molecule has 0 spiro atoms. The van der Waals surface area contributed by atoms with E-state index in [1.165, 1.54) is 24.8 Å². The Kier molecular flexibility index (Phi) is 3.94. The van der Waals surface area contributed by atoms with E-state index in [9.17, 15) is 0 Å². The van der Waals surface area contributed by atoms with Gasteiger partial charge >= 0.3 is 0 Å². The van der Waals surface area contributed by atoms with Crippen molar-refractivity contribution in [3.63, 3.8) is 0 Å². The van der Waals surface area contributed by atoms with E-state index in [4.69, 9.17) is 23.2 Å². The molecule has 0 bridgehead atoms. The number of benzene rings is 1. The number of halogens is 3. The van der Waals surface area contributed by atoms with E-state index in [-0.39, 0.29) is 12.4 Å². The molecule has 2 fully saturated rings. The minimum Gasteiger partial charge on any atom is -0.316 e. The van der Waals surface area contributed by atoms with Crippen LogP contribution in [0.1, 0.15) is 24.8 Å². The number of nitrogens with one attached hydrogen (secondary N) is 1.